The zero-order chi connectivity index (χ0) is 44.2. The molecule has 7 rings (SSSR count). The number of hydrogen-bond donors (Lipinski definition) is 6. The van der Waals surface area contributed by atoms with Crippen LogP contribution in [0.4, 0.5) is 9.59 Å². The van der Waals surface area contributed by atoms with E-state index in [1.165, 1.54) is 14.2 Å². The summed E-state index contributed by atoms with van der Waals surface area (Å²) in [6.07, 6.45) is 2.19. The number of nitrogens with one attached hydrogen (secondary N) is 4. The summed E-state index contributed by atoms with van der Waals surface area (Å²) in [5.74, 6) is 0.00871. The van der Waals surface area contributed by atoms with Gasteiger partial charge in [0, 0.05) is 37.1 Å². The van der Waals surface area contributed by atoms with Crippen molar-refractivity contribution in [2.75, 3.05) is 27.4 Å². The average Bonchev–Trinajstić information content (AvgIpc) is 3.24. The van der Waals surface area contributed by atoms with Gasteiger partial charge in [-0.1, -0.05) is 50.2 Å². The molecule has 0 unspecified atom stereocenters. The number of rotatable bonds is 10. The summed E-state index contributed by atoms with van der Waals surface area (Å²) in [7, 11) is 2.57. The Labute approximate surface area is 360 Å². The molecule has 2 heterocycles. The van der Waals surface area contributed by atoms with Crippen molar-refractivity contribution in [2.45, 2.75) is 78.3 Å². The Morgan fingerprint density at radius 3 is 1.19 bits per heavy atom. The van der Waals surface area contributed by atoms with E-state index in [0.717, 1.165) is 22.3 Å². The molecule has 324 valence electrons. The average molecular weight is 845 g/mol. The van der Waals surface area contributed by atoms with E-state index in [9.17, 15) is 29.4 Å². The number of esters is 2. The SMILES string of the molecule is CCCOc1c2cccc1Cc1cc([C@H]3NC(=O)NC(C)=C3C(=O)OC)cc(c1O)Cc1cccc(c1OCCC)Cc1cc([C@@H]3NC(=O)NC(C)=C3C(=O)OC)cc(c1O)C2. The number of hydrogen-bond acceptors (Lipinski definition) is 10. The third-order valence-corrected chi connectivity index (χ3v) is 11.4. The Hall–Kier alpha value is -6.96. The first kappa shape index (κ1) is 43.1. The number of phenols is 2. The monoisotopic (exact) mass is 844 g/mol. The second-order valence-corrected chi connectivity index (χ2v) is 15.7. The van der Waals surface area contributed by atoms with Crippen LogP contribution in [0.1, 0.15) is 108 Å². The summed E-state index contributed by atoms with van der Waals surface area (Å²) in [5.41, 5.74) is 7.39. The molecular weight excluding hydrogens is 793 g/mol. The molecule has 8 bridgehead atoms. The predicted octanol–water partition coefficient (Wildman–Crippen LogP) is 6.95. The van der Waals surface area contributed by atoms with Gasteiger partial charge in [0.2, 0.25) is 0 Å². The highest BCUT2D eigenvalue weighted by Crippen LogP contribution is 2.42. The molecule has 4 amide bonds. The fourth-order valence-electron chi connectivity index (χ4n) is 8.53. The maximum absolute atomic E-state index is 13.2. The zero-order valence-corrected chi connectivity index (χ0v) is 35.7. The quantitative estimate of drug-likeness (QED) is 0.0802. The minimum absolute atomic E-state index is 0.0430. The molecule has 62 heavy (non-hydrogen) atoms. The molecule has 2 aliphatic heterocycles. The van der Waals surface area contributed by atoms with Crippen LogP contribution in [-0.4, -0.2) is 61.6 Å². The molecule has 2 atom stereocenters. The van der Waals surface area contributed by atoms with Crippen LogP contribution >= 0.6 is 0 Å². The number of carbonyl (C=O) groups is 4. The Kier molecular flexibility index (Phi) is 12.8. The van der Waals surface area contributed by atoms with Gasteiger partial charge in [-0.2, -0.15) is 0 Å². The van der Waals surface area contributed by atoms with Gasteiger partial charge in [0.1, 0.15) is 23.0 Å². The largest absolute Gasteiger partial charge is 0.507 e. The van der Waals surface area contributed by atoms with Gasteiger partial charge in [0.05, 0.1) is 50.7 Å². The van der Waals surface area contributed by atoms with Crippen molar-refractivity contribution in [1.29, 1.82) is 0 Å². The fraction of sp³-hybridized carbons (Fsp3) is 0.333. The number of urea groups is 2. The fourth-order valence-corrected chi connectivity index (χ4v) is 8.53. The highest BCUT2D eigenvalue weighted by atomic mass is 16.5. The lowest BCUT2D eigenvalue weighted by Gasteiger charge is -2.29. The van der Waals surface area contributed by atoms with E-state index >= 15 is 0 Å². The molecule has 6 N–H and O–H groups in total. The van der Waals surface area contributed by atoms with E-state index in [0.29, 0.717) is 82.3 Å². The maximum atomic E-state index is 13.2. The second kappa shape index (κ2) is 18.3. The third-order valence-electron chi connectivity index (χ3n) is 11.4. The predicted molar refractivity (Wildman–Crippen MR) is 230 cm³/mol. The molecule has 3 aliphatic rings. The first-order chi connectivity index (χ1) is 29.8. The Balaban J connectivity index is 1.48. The highest BCUT2D eigenvalue weighted by molar-refractivity contribution is 5.96. The number of phenolic OH excluding ortho intramolecular Hbond substituents is 2. The molecule has 0 aromatic heterocycles. The van der Waals surface area contributed by atoms with Crippen LogP contribution in [0, 0.1) is 0 Å². The molecule has 14 heteroatoms. The van der Waals surface area contributed by atoms with Crippen LogP contribution in [0.5, 0.6) is 23.0 Å². The maximum Gasteiger partial charge on any atom is 0.337 e. The lowest BCUT2D eigenvalue weighted by atomic mass is 9.86. The number of methoxy groups -OCH3 is 2. The normalized spacial score (nSPS) is 17.3. The van der Waals surface area contributed by atoms with Crippen LogP contribution < -0.4 is 30.7 Å². The number of para-hydroxylation sites is 2. The second-order valence-electron chi connectivity index (χ2n) is 15.7. The van der Waals surface area contributed by atoms with Gasteiger partial charge in [-0.25, -0.2) is 19.2 Å². The van der Waals surface area contributed by atoms with Crippen LogP contribution in [0.15, 0.2) is 83.2 Å². The molecule has 4 aromatic rings. The molecule has 14 nitrogen and oxygen atoms in total. The van der Waals surface area contributed by atoms with Gasteiger partial charge in [-0.15, -0.1) is 0 Å². The number of benzene rings is 4. The van der Waals surface area contributed by atoms with E-state index in [1.807, 2.05) is 50.2 Å². The molecular formula is C48H52N4O10. The standard InChI is InChI=1S/C48H52N4O10/c1-7-15-61-43-27-11-9-12-28(43)18-34-22-32(40-38(46(56)60-6)26(4)50-48(58)52-40)24-36(42(34)54)20-30-14-10-13-29(44(30)62-16-8-2)19-35-23-31(21-33(17-27)41(35)53)39-37(45(55)59-5)25(3)49-47(57)51-39/h9-14,21-24,39-40,53-54H,7-8,15-20H2,1-6H3,(H2,49,51,57)(H2,50,52,58)/t39-,40+. The summed E-state index contributed by atoms with van der Waals surface area (Å²) in [6.45, 7) is 8.06. The third kappa shape index (κ3) is 8.63. The lowest BCUT2D eigenvalue weighted by Crippen LogP contribution is -2.45. The first-order valence-electron chi connectivity index (χ1n) is 20.7. The molecule has 0 radical (unpaired) electrons. The first-order valence-corrected chi connectivity index (χ1v) is 20.7. The van der Waals surface area contributed by atoms with E-state index < -0.39 is 36.1 Å². The number of ether oxygens (including phenoxy) is 4. The van der Waals surface area contributed by atoms with Gasteiger partial charge in [-0.3, -0.25) is 0 Å². The van der Waals surface area contributed by atoms with Gasteiger partial charge in [0.25, 0.3) is 0 Å². The summed E-state index contributed by atoms with van der Waals surface area (Å²) >= 11 is 0. The number of carbonyl (C=O) groups excluding carboxylic acids is 4. The Morgan fingerprint density at radius 1 is 0.581 bits per heavy atom. The van der Waals surface area contributed by atoms with E-state index in [2.05, 4.69) is 21.3 Å². The minimum Gasteiger partial charge on any atom is -0.507 e. The zero-order valence-electron chi connectivity index (χ0n) is 35.7. The van der Waals surface area contributed by atoms with Gasteiger partial charge < -0.3 is 50.4 Å². The van der Waals surface area contributed by atoms with Crippen LogP contribution in [-0.2, 0) is 44.7 Å². The van der Waals surface area contributed by atoms with Crippen molar-refractivity contribution < 1.29 is 48.3 Å². The summed E-state index contributed by atoms with van der Waals surface area (Å²) in [4.78, 5) is 52.3. The summed E-state index contributed by atoms with van der Waals surface area (Å²) in [6, 6.07) is 15.9. The van der Waals surface area contributed by atoms with Crippen molar-refractivity contribution in [1.82, 2.24) is 21.3 Å². The van der Waals surface area contributed by atoms with Gasteiger partial charge in [-0.05, 0) is 107 Å². The number of amides is 4. The molecule has 0 saturated carbocycles. The topological polar surface area (TPSA) is 194 Å². The molecule has 0 saturated heterocycles. The molecule has 0 spiro atoms. The number of fused-ring (bicyclic) bond motifs is 8. The van der Waals surface area contributed by atoms with Gasteiger partial charge >= 0.3 is 24.0 Å². The van der Waals surface area contributed by atoms with Crippen molar-refractivity contribution in [3.05, 3.63) is 139 Å². The summed E-state index contributed by atoms with van der Waals surface area (Å²) < 4.78 is 23.3. The van der Waals surface area contributed by atoms with Crippen molar-refractivity contribution in [3.8, 4) is 23.0 Å². The smallest absolute Gasteiger partial charge is 0.337 e. The summed E-state index contributed by atoms with van der Waals surface area (Å²) in [5, 5.41) is 35.6. The molecule has 1 aliphatic carbocycles. The minimum atomic E-state index is -0.894. The van der Waals surface area contributed by atoms with E-state index in [4.69, 9.17) is 18.9 Å². The van der Waals surface area contributed by atoms with Gasteiger partial charge in [0.15, 0.2) is 0 Å². The van der Waals surface area contributed by atoms with Crippen molar-refractivity contribution >= 4 is 24.0 Å². The lowest BCUT2D eigenvalue weighted by molar-refractivity contribution is -0.137. The highest BCUT2D eigenvalue weighted by Gasteiger charge is 2.35. The van der Waals surface area contributed by atoms with Crippen molar-refractivity contribution in [3.63, 3.8) is 0 Å². The molecule has 4 aromatic carbocycles. The van der Waals surface area contributed by atoms with E-state index in [-0.39, 0.29) is 48.3 Å². The Bertz CT molecular complexity index is 2260. The van der Waals surface area contributed by atoms with Crippen LogP contribution in [0.25, 0.3) is 0 Å². The van der Waals surface area contributed by atoms with Crippen LogP contribution in [0.3, 0.4) is 0 Å². The van der Waals surface area contributed by atoms with Crippen molar-refractivity contribution in [2.24, 2.45) is 0 Å². The number of aromatic hydroxyl groups is 2. The van der Waals surface area contributed by atoms with Crippen LogP contribution in [0.2, 0.25) is 0 Å². The Morgan fingerprint density at radius 2 is 0.903 bits per heavy atom. The number of allylic oxidation sites excluding steroid dienone is 2. The van der Waals surface area contributed by atoms with E-state index in [1.54, 1.807) is 38.1 Å². The molecule has 0 fully saturated rings.